The summed E-state index contributed by atoms with van der Waals surface area (Å²) in [5, 5.41) is 2.28. The van der Waals surface area contributed by atoms with Gasteiger partial charge in [0.05, 0.1) is 11.0 Å². The summed E-state index contributed by atoms with van der Waals surface area (Å²) >= 11 is 0. The van der Waals surface area contributed by atoms with Gasteiger partial charge in [-0.3, -0.25) is 4.79 Å². The molecule has 3 heteroatoms. The normalized spacial score (nSPS) is 11.2. The number of hydrogen-bond donors (Lipinski definition) is 1. The monoisotopic (exact) mass is 238 g/mol. The zero-order valence-electron chi connectivity index (χ0n) is 10.2. The van der Waals surface area contributed by atoms with E-state index in [1.807, 2.05) is 25.3 Å². The summed E-state index contributed by atoms with van der Waals surface area (Å²) in [6, 6.07) is 7.26. The third-order valence-corrected chi connectivity index (χ3v) is 3.29. The summed E-state index contributed by atoms with van der Waals surface area (Å²) in [4.78, 5) is 14.8. The van der Waals surface area contributed by atoms with Gasteiger partial charge in [-0.1, -0.05) is 6.08 Å². The molecule has 0 aliphatic carbocycles. The van der Waals surface area contributed by atoms with Crippen LogP contribution >= 0.6 is 0 Å². The molecular weight excluding hydrogens is 224 g/mol. The number of pyridine rings is 1. The first-order valence-corrected chi connectivity index (χ1v) is 5.93. The Morgan fingerprint density at radius 2 is 2.17 bits per heavy atom. The van der Waals surface area contributed by atoms with Gasteiger partial charge in [-0.05, 0) is 25.1 Å². The number of benzene rings is 1. The van der Waals surface area contributed by atoms with Crippen molar-refractivity contribution in [1.29, 1.82) is 0 Å². The van der Waals surface area contributed by atoms with E-state index in [1.165, 1.54) is 5.39 Å². The molecule has 0 spiro atoms. The van der Waals surface area contributed by atoms with E-state index in [0.717, 1.165) is 22.1 Å². The lowest BCUT2D eigenvalue weighted by atomic mass is 10.2. The Labute approximate surface area is 104 Å². The molecule has 3 rings (SSSR count). The second-order valence-electron chi connectivity index (χ2n) is 4.44. The van der Waals surface area contributed by atoms with Gasteiger partial charge in [-0.15, -0.1) is 6.58 Å². The highest BCUT2D eigenvalue weighted by atomic mass is 16.1. The summed E-state index contributed by atoms with van der Waals surface area (Å²) in [7, 11) is 0. The number of aryl methyl sites for hydroxylation is 1. The quantitative estimate of drug-likeness (QED) is 0.685. The molecule has 2 aromatic heterocycles. The standard InChI is InChI=1S/C15H14N2O/c1-3-8-17-14-9-11(18)4-5-12(14)13-6-7-16-10(2)15(13)17/h3-7,9,16H,1,8H2,2H3. The Morgan fingerprint density at radius 1 is 1.33 bits per heavy atom. The molecule has 0 aliphatic heterocycles. The molecule has 1 N–H and O–H groups in total. The van der Waals surface area contributed by atoms with E-state index >= 15 is 0 Å². The van der Waals surface area contributed by atoms with Gasteiger partial charge in [0.2, 0.25) is 0 Å². The van der Waals surface area contributed by atoms with Gasteiger partial charge in [-0.2, -0.15) is 0 Å². The number of aromatic nitrogens is 2. The van der Waals surface area contributed by atoms with Crippen molar-refractivity contribution in [2.24, 2.45) is 0 Å². The Kier molecular flexibility index (Phi) is 2.33. The predicted octanol–water partition coefficient (Wildman–Crippen LogP) is 2.98. The number of rotatable bonds is 2. The fourth-order valence-electron chi connectivity index (χ4n) is 2.57. The summed E-state index contributed by atoms with van der Waals surface area (Å²) in [6.45, 7) is 6.53. The Bertz CT molecular complexity index is 808. The zero-order valence-corrected chi connectivity index (χ0v) is 10.2. The Hall–Kier alpha value is -2.29. The van der Waals surface area contributed by atoms with E-state index in [1.54, 1.807) is 12.1 Å². The summed E-state index contributed by atoms with van der Waals surface area (Å²) in [6.07, 6.45) is 3.78. The molecule has 3 aromatic rings. The van der Waals surface area contributed by atoms with Crippen molar-refractivity contribution in [3.05, 3.63) is 59.0 Å². The van der Waals surface area contributed by atoms with Gasteiger partial charge in [0.25, 0.3) is 0 Å². The lowest BCUT2D eigenvalue weighted by Crippen LogP contribution is -2.00. The first-order valence-electron chi connectivity index (χ1n) is 5.93. The number of hydrogen-bond acceptors (Lipinski definition) is 1. The molecule has 0 saturated heterocycles. The van der Waals surface area contributed by atoms with Crippen LogP contribution < -0.4 is 5.43 Å². The number of fused-ring (bicyclic) bond motifs is 3. The van der Waals surface area contributed by atoms with Crippen molar-refractivity contribution < 1.29 is 0 Å². The zero-order chi connectivity index (χ0) is 12.7. The Morgan fingerprint density at radius 3 is 2.94 bits per heavy atom. The maximum atomic E-state index is 11.6. The fraction of sp³-hybridized carbons (Fsp3) is 0.133. The van der Waals surface area contributed by atoms with Crippen LogP contribution in [0, 0.1) is 6.92 Å². The van der Waals surface area contributed by atoms with Gasteiger partial charge >= 0.3 is 0 Å². The molecule has 0 radical (unpaired) electrons. The van der Waals surface area contributed by atoms with Crippen molar-refractivity contribution in [1.82, 2.24) is 9.55 Å². The van der Waals surface area contributed by atoms with E-state index in [9.17, 15) is 4.79 Å². The third-order valence-electron chi connectivity index (χ3n) is 3.29. The molecule has 2 heterocycles. The molecule has 0 aliphatic rings. The SMILES string of the molecule is C=CCn1c2cc(=O)ccc2c2cc[nH]c(C)c21. The first kappa shape index (κ1) is 10.8. The van der Waals surface area contributed by atoms with Crippen LogP contribution in [0.15, 0.2) is 47.9 Å². The summed E-state index contributed by atoms with van der Waals surface area (Å²) < 4.78 is 2.13. The molecule has 0 atom stereocenters. The second kappa shape index (κ2) is 3.88. The smallest absolute Gasteiger partial charge is 0.180 e. The summed E-state index contributed by atoms with van der Waals surface area (Å²) in [5.41, 5.74) is 3.24. The molecule has 0 amide bonds. The van der Waals surface area contributed by atoms with Crippen molar-refractivity contribution >= 4 is 21.8 Å². The minimum Gasteiger partial charge on any atom is -0.364 e. The van der Waals surface area contributed by atoms with Gasteiger partial charge in [0.15, 0.2) is 5.43 Å². The predicted molar refractivity (Wildman–Crippen MR) is 75.0 cm³/mol. The van der Waals surface area contributed by atoms with Crippen LogP contribution in [0.1, 0.15) is 5.69 Å². The van der Waals surface area contributed by atoms with Crippen molar-refractivity contribution in [2.75, 3.05) is 0 Å². The molecule has 0 bridgehead atoms. The number of nitrogens with one attached hydrogen (secondary N) is 1. The molecular formula is C15H14N2O. The topological polar surface area (TPSA) is 37.8 Å². The lowest BCUT2D eigenvalue weighted by molar-refractivity contribution is 0.892. The number of nitrogens with zero attached hydrogens (tertiary/aromatic N) is 1. The van der Waals surface area contributed by atoms with Crippen LogP contribution in [-0.2, 0) is 6.54 Å². The fourth-order valence-corrected chi connectivity index (χ4v) is 2.57. The van der Waals surface area contributed by atoms with Gasteiger partial charge in [-0.25, -0.2) is 0 Å². The van der Waals surface area contributed by atoms with Crippen LogP contribution in [0.4, 0.5) is 0 Å². The van der Waals surface area contributed by atoms with E-state index in [-0.39, 0.29) is 5.43 Å². The van der Waals surface area contributed by atoms with Gasteiger partial charge < -0.3 is 9.55 Å². The van der Waals surface area contributed by atoms with Crippen molar-refractivity contribution in [3.8, 4) is 0 Å². The highest BCUT2D eigenvalue weighted by molar-refractivity contribution is 6.08. The van der Waals surface area contributed by atoms with Crippen LogP contribution in [0.2, 0.25) is 0 Å². The minimum absolute atomic E-state index is 0.0391. The van der Waals surface area contributed by atoms with Crippen molar-refractivity contribution in [3.63, 3.8) is 0 Å². The molecule has 90 valence electrons. The van der Waals surface area contributed by atoms with E-state index < -0.39 is 0 Å². The average molecular weight is 238 g/mol. The average Bonchev–Trinajstić information content (AvgIpc) is 2.65. The number of aromatic amines is 1. The highest BCUT2D eigenvalue weighted by Gasteiger charge is 2.11. The van der Waals surface area contributed by atoms with Crippen molar-refractivity contribution in [2.45, 2.75) is 13.5 Å². The van der Waals surface area contributed by atoms with Crippen LogP contribution in [0.3, 0.4) is 0 Å². The molecule has 0 saturated carbocycles. The minimum atomic E-state index is 0.0391. The lowest BCUT2D eigenvalue weighted by Gasteiger charge is -2.05. The van der Waals surface area contributed by atoms with E-state index in [2.05, 4.69) is 22.2 Å². The van der Waals surface area contributed by atoms with Crippen LogP contribution in [0.25, 0.3) is 21.8 Å². The van der Waals surface area contributed by atoms with E-state index in [4.69, 9.17) is 0 Å². The third kappa shape index (κ3) is 1.40. The second-order valence-corrected chi connectivity index (χ2v) is 4.44. The maximum Gasteiger partial charge on any atom is 0.180 e. The summed E-state index contributed by atoms with van der Waals surface area (Å²) in [5.74, 6) is 0. The van der Waals surface area contributed by atoms with Crippen LogP contribution in [0.5, 0.6) is 0 Å². The Balaban J connectivity index is 2.60. The molecule has 3 nitrogen and oxygen atoms in total. The largest absolute Gasteiger partial charge is 0.364 e. The molecule has 18 heavy (non-hydrogen) atoms. The molecule has 0 unspecified atom stereocenters. The van der Waals surface area contributed by atoms with E-state index in [0.29, 0.717) is 6.54 Å². The van der Waals surface area contributed by atoms with Gasteiger partial charge in [0, 0.05) is 35.3 Å². The number of allylic oxidation sites excluding steroid dienone is 1. The molecule has 0 fully saturated rings. The first-order chi connectivity index (χ1) is 8.72. The maximum absolute atomic E-state index is 11.6. The number of H-pyrrole nitrogens is 1. The van der Waals surface area contributed by atoms with Gasteiger partial charge in [0.1, 0.15) is 0 Å². The highest BCUT2D eigenvalue weighted by Crippen LogP contribution is 2.29. The molecule has 1 aromatic carbocycles. The van der Waals surface area contributed by atoms with Crippen LogP contribution in [-0.4, -0.2) is 9.55 Å².